The van der Waals surface area contributed by atoms with Gasteiger partial charge in [0, 0.05) is 24.9 Å². The number of hydrogen-bond donors (Lipinski definition) is 4. The largest absolute Gasteiger partial charge is 0.508 e. The van der Waals surface area contributed by atoms with Crippen molar-refractivity contribution in [1.82, 2.24) is 15.2 Å². The van der Waals surface area contributed by atoms with E-state index in [0.29, 0.717) is 24.5 Å². The number of aliphatic hydroxyl groups is 2. The van der Waals surface area contributed by atoms with Crippen molar-refractivity contribution in [2.45, 2.75) is 38.3 Å². The van der Waals surface area contributed by atoms with Gasteiger partial charge in [0.2, 0.25) is 0 Å². The van der Waals surface area contributed by atoms with E-state index in [2.05, 4.69) is 10.3 Å². The molecule has 4 N–H and O–H groups in total. The smallest absolute Gasteiger partial charge is 0.255 e. The van der Waals surface area contributed by atoms with Gasteiger partial charge in [-0.15, -0.1) is 11.3 Å². The predicted molar refractivity (Wildman–Crippen MR) is 118 cm³/mol. The number of rotatable bonds is 7. The molecule has 1 aromatic heterocycles. The summed E-state index contributed by atoms with van der Waals surface area (Å²) in [6.07, 6.45) is -3.28. The summed E-state index contributed by atoms with van der Waals surface area (Å²) < 4.78 is 0. The molecule has 2 heterocycles. The summed E-state index contributed by atoms with van der Waals surface area (Å²) in [6.45, 7) is 0.718. The third-order valence-corrected chi connectivity index (χ3v) is 6.25. The lowest BCUT2D eigenvalue weighted by molar-refractivity contribution is -0.153. The SMILES string of the molecule is O=C(NCc1nc(Cc2ccccc2O)cs1)[C@H](O)[C@@H](O)C(=O)N1Cc2ccccc2C1. The summed E-state index contributed by atoms with van der Waals surface area (Å²) >= 11 is 1.33. The molecule has 0 bridgehead atoms. The van der Waals surface area contributed by atoms with E-state index in [0.717, 1.165) is 22.4 Å². The third-order valence-electron chi connectivity index (χ3n) is 5.35. The number of nitrogens with one attached hydrogen (secondary N) is 1. The number of aromatic nitrogens is 1. The van der Waals surface area contributed by atoms with Gasteiger partial charge in [-0.05, 0) is 22.8 Å². The summed E-state index contributed by atoms with van der Waals surface area (Å²) in [5.74, 6) is -1.35. The topological polar surface area (TPSA) is 123 Å². The van der Waals surface area contributed by atoms with Crippen molar-refractivity contribution < 1.29 is 24.9 Å². The fourth-order valence-electron chi connectivity index (χ4n) is 3.59. The lowest BCUT2D eigenvalue weighted by atomic mass is 10.1. The van der Waals surface area contributed by atoms with E-state index in [9.17, 15) is 24.9 Å². The Labute approximate surface area is 188 Å². The molecule has 1 aliphatic rings. The molecule has 32 heavy (non-hydrogen) atoms. The molecule has 2 aromatic carbocycles. The Kier molecular flexibility index (Phi) is 6.50. The highest BCUT2D eigenvalue weighted by Gasteiger charge is 2.35. The van der Waals surface area contributed by atoms with E-state index >= 15 is 0 Å². The van der Waals surface area contributed by atoms with Crippen LogP contribution in [0.5, 0.6) is 5.75 Å². The first-order chi connectivity index (χ1) is 15.4. The molecule has 0 saturated carbocycles. The quantitative estimate of drug-likeness (QED) is 0.428. The van der Waals surface area contributed by atoms with Gasteiger partial charge in [0.05, 0.1) is 12.2 Å². The molecular formula is C23H23N3O5S. The van der Waals surface area contributed by atoms with Gasteiger partial charge in [-0.25, -0.2) is 4.98 Å². The fraction of sp³-hybridized carbons (Fsp3) is 0.261. The van der Waals surface area contributed by atoms with Crippen LogP contribution in [0.3, 0.4) is 0 Å². The first-order valence-corrected chi connectivity index (χ1v) is 11.0. The van der Waals surface area contributed by atoms with Crippen molar-refractivity contribution in [2.75, 3.05) is 0 Å². The van der Waals surface area contributed by atoms with Crippen LogP contribution in [-0.4, -0.2) is 49.2 Å². The number of nitrogens with zero attached hydrogens (tertiary/aromatic N) is 2. The zero-order valence-corrected chi connectivity index (χ0v) is 18.0. The number of aromatic hydroxyl groups is 1. The summed E-state index contributed by atoms with van der Waals surface area (Å²) in [5, 5.41) is 35.3. The summed E-state index contributed by atoms with van der Waals surface area (Å²) in [5.41, 5.74) is 3.45. The number of carbonyl (C=O) groups is 2. The molecule has 8 nitrogen and oxygen atoms in total. The van der Waals surface area contributed by atoms with Gasteiger partial charge in [0.15, 0.2) is 12.2 Å². The van der Waals surface area contributed by atoms with Crippen LogP contribution in [0.2, 0.25) is 0 Å². The average Bonchev–Trinajstić information content (AvgIpc) is 3.44. The van der Waals surface area contributed by atoms with Gasteiger partial charge in [-0.1, -0.05) is 42.5 Å². The number of carbonyl (C=O) groups excluding carboxylic acids is 2. The first-order valence-electron chi connectivity index (χ1n) is 10.1. The Morgan fingerprint density at radius 1 is 1.03 bits per heavy atom. The molecular weight excluding hydrogens is 430 g/mol. The molecule has 2 amide bonds. The highest BCUT2D eigenvalue weighted by atomic mass is 32.1. The van der Waals surface area contributed by atoms with Crippen molar-refractivity contribution in [3.63, 3.8) is 0 Å². The van der Waals surface area contributed by atoms with Gasteiger partial charge in [-0.3, -0.25) is 9.59 Å². The van der Waals surface area contributed by atoms with Crippen LogP contribution in [0.1, 0.15) is 27.4 Å². The molecule has 4 rings (SSSR count). The monoisotopic (exact) mass is 453 g/mol. The number of phenols is 1. The Balaban J connectivity index is 1.29. The average molecular weight is 454 g/mol. The van der Waals surface area contributed by atoms with E-state index < -0.39 is 24.0 Å². The first kappa shape index (κ1) is 21.9. The highest BCUT2D eigenvalue weighted by Crippen LogP contribution is 2.23. The highest BCUT2D eigenvalue weighted by molar-refractivity contribution is 7.09. The number of hydrogen-bond acceptors (Lipinski definition) is 7. The Hall–Kier alpha value is -3.27. The number of fused-ring (bicyclic) bond motifs is 1. The minimum Gasteiger partial charge on any atom is -0.508 e. The molecule has 0 unspecified atom stereocenters. The van der Waals surface area contributed by atoms with Gasteiger partial charge in [0.25, 0.3) is 11.8 Å². The Morgan fingerprint density at radius 2 is 1.69 bits per heavy atom. The van der Waals surface area contributed by atoms with Gasteiger partial charge in [-0.2, -0.15) is 0 Å². The second-order valence-corrected chi connectivity index (χ2v) is 8.55. The van der Waals surface area contributed by atoms with Crippen molar-refractivity contribution >= 4 is 23.2 Å². The predicted octanol–water partition coefficient (Wildman–Crippen LogP) is 1.32. The van der Waals surface area contributed by atoms with E-state index in [1.165, 1.54) is 16.2 Å². The standard InChI is InChI=1S/C23H23N3O5S/c27-18-8-4-3-5-14(18)9-17-13-32-19(25-17)10-24-22(30)20(28)21(29)23(31)26-11-15-6-1-2-7-16(15)12-26/h1-8,13,20-21,27-29H,9-12H2,(H,24,30)/t20-,21-/m1/s1. The molecule has 0 radical (unpaired) electrons. The number of phenolic OH excluding ortho intramolecular Hbond substituents is 1. The summed E-state index contributed by atoms with van der Waals surface area (Å²) in [4.78, 5) is 30.7. The van der Waals surface area contributed by atoms with Crippen LogP contribution in [-0.2, 0) is 35.6 Å². The Bertz CT molecular complexity index is 1110. The number of amides is 2. The zero-order valence-electron chi connectivity index (χ0n) is 17.1. The minimum absolute atomic E-state index is 0.0530. The van der Waals surface area contributed by atoms with Crippen LogP contribution >= 0.6 is 11.3 Å². The molecule has 9 heteroatoms. The lowest BCUT2D eigenvalue weighted by Crippen LogP contribution is -2.49. The number of benzene rings is 2. The normalized spacial score (nSPS) is 14.6. The van der Waals surface area contributed by atoms with Crippen LogP contribution in [0.15, 0.2) is 53.9 Å². The zero-order chi connectivity index (χ0) is 22.7. The van der Waals surface area contributed by atoms with Crippen LogP contribution in [0.4, 0.5) is 0 Å². The summed E-state index contributed by atoms with van der Waals surface area (Å²) in [6, 6.07) is 14.5. The maximum absolute atomic E-state index is 12.5. The van der Waals surface area contributed by atoms with E-state index in [4.69, 9.17) is 0 Å². The van der Waals surface area contributed by atoms with E-state index in [1.807, 2.05) is 41.8 Å². The van der Waals surface area contributed by atoms with Crippen molar-refractivity contribution in [3.8, 4) is 5.75 Å². The number of para-hydroxylation sites is 1. The van der Waals surface area contributed by atoms with Crippen molar-refractivity contribution in [2.24, 2.45) is 0 Å². The van der Waals surface area contributed by atoms with Gasteiger partial charge < -0.3 is 25.5 Å². The van der Waals surface area contributed by atoms with Crippen molar-refractivity contribution in [3.05, 3.63) is 81.3 Å². The number of aliphatic hydroxyl groups excluding tert-OH is 2. The number of thiazole rings is 1. The van der Waals surface area contributed by atoms with Gasteiger partial charge >= 0.3 is 0 Å². The van der Waals surface area contributed by atoms with E-state index in [-0.39, 0.29) is 12.3 Å². The molecule has 0 fully saturated rings. The van der Waals surface area contributed by atoms with Crippen LogP contribution in [0, 0.1) is 0 Å². The summed E-state index contributed by atoms with van der Waals surface area (Å²) in [7, 11) is 0. The van der Waals surface area contributed by atoms with Crippen LogP contribution in [0.25, 0.3) is 0 Å². The van der Waals surface area contributed by atoms with Crippen LogP contribution < -0.4 is 5.32 Å². The fourth-order valence-corrected chi connectivity index (χ4v) is 4.32. The molecule has 0 saturated heterocycles. The molecule has 0 spiro atoms. The third kappa shape index (κ3) is 4.80. The van der Waals surface area contributed by atoms with Gasteiger partial charge in [0.1, 0.15) is 10.8 Å². The maximum atomic E-state index is 12.5. The molecule has 0 aliphatic carbocycles. The second kappa shape index (κ2) is 9.47. The minimum atomic E-state index is -1.88. The molecule has 166 valence electrons. The molecule has 3 aromatic rings. The molecule has 2 atom stereocenters. The maximum Gasteiger partial charge on any atom is 0.255 e. The van der Waals surface area contributed by atoms with E-state index in [1.54, 1.807) is 12.1 Å². The second-order valence-electron chi connectivity index (χ2n) is 7.61. The Morgan fingerprint density at radius 3 is 2.38 bits per heavy atom. The molecule has 1 aliphatic heterocycles. The van der Waals surface area contributed by atoms with Crippen molar-refractivity contribution in [1.29, 1.82) is 0 Å². The lowest BCUT2D eigenvalue weighted by Gasteiger charge is -2.22.